The first-order valence-corrected chi connectivity index (χ1v) is 8.86. The first kappa shape index (κ1) is 17.7. The first-order chi connectivity index (χ1) is 13.5. The molecule has 2 heterocycles. The normalized spacial score (nSPS) is 12.8. The molecule has 4 rings (SSSR count). The zero-order valence-corrected chi connectivity index (χ0v) is 15.2. The molecule has 1 aliphatic rings. The Bertz CT molecular complexity index is 1070. The van der Waals surface area contributed by atoms with E-state index in [-0.39, 0.29) is 22.9 Å². The van der Waals surface area contributed by atoms with Gasteiger partial charge in [0.15, 0.2) is 5.82 Å². The van der Waals surface area contributed by atoms with Gasteiger partial charge in [0.1, 0.15) is 11.4 Å². The zero-order valence-electron chi connectivity index (χ0n) is 15.2. The molecule has 142 valence electrons. The van der Waals surface area contributed by atoms with Crippen molar-refractivity contribution in [3.8, 4) is 5.75 Å². The number of carbonyl (C=O) groups is 1. The van der Waals surface area contributed by atoms with Crippen molar-refractivity contribution in [3.05, 3.63) is 75.9 Å². The molecule has 1 aliphatic heterocycles. The summed E-state index contributed by atoms with van der Waals surface area (Å²) in [7, 11) is 1.70. The molecular weight excluding hydrogens is 360 g/mol. The van der Waals surface area contributed by atoms with E-state index in [1.807, 2.05) is 18.2 Å². The van der Waals surface area contributed by atoms with Gasteiger partial charge in [0.05, 0.1) is 11.5 Å². The minimum Gasteiger partial charge on any atom is -0.493 e. The number of hydrogen-bond acceptors (Lipinski definition) is 6. The molecule has 0 saturated heterocycles. The highest BCUT2D eigenvalue weighted by atomic mass is 16.6. The maximum atomic E-state index is 12.6. The Balaban J connectivity index is 1.65. The van der Waals surface area contributed by atoms with Crippen LogP contribution >= 0.6 is 0 Å². The monoisotopic (exact) mass is 378 g/mol. The number of nitrogens with zero attached hydrogens (tertiary/aromatic N) is 3. The van der Waals surface area contributed by atoms with Gasteiger partial charge in [-0.05, 0) is 48.7 Å². The summed E-state index contributed by atoms with van der Waals surface area (Å²) in [5, 5.41) is 14.7. The van der Waals surface area contributed by atoms with E-state index in [1.165, 1.54) is 12.3 Å². The molecule has 0 radical (unpaired) electrons. The summed E-state index contributed by atoms with van der Waals surface area (Å²) in [6.07, 6.45) is 5.01. The number of hydrogen-bond donors (Lipinski definition) is 1. The second-order valence-electron chi connectivity index (χ2n) is 6.58. The summed E-state index contributed by atoms with van der Waals surface area (Å²) in [6, 6.07) is 10.0. The molecule has 1 aromatic heterocycles. The number of aryl methyl sites for hydroxylation is 2. The summed E-state index contributed by atoms with van der Waals surface area (Å²) in [5.41, 5.74) is 2.16. The van der Waals surface area contributed by atoms with Crippen LogP contribution in [0.1, 0.15) is 28.2 Å². The molecule has 0 spiro atoms. The number of nitro groups is 1. The van der Waals surface area contributed by atoms with Crippen LogP contribution in [0.3, 0.4) is 0 Å². The van der Waals surface area contributed by atoms with E-state index in [1.54, 1.807) is 29.9 Å². The fourth-order valence-electron chi connectivity index (χ4n) is 3.24. The van der Waals surface area contributed by atoms with Gasteiger partial charge in [-0.1, -0.05) is 0 Å². The molecule has 0 aliphatic carbocycles. The maximum Gasteiger partial charge on any atom is 0.293 e. The van der Waals surface area contributed by atoms with Crippen LogP contribution in [0, 0.1) is 10.1 Å². The lowest BCUT2D eigenvalue weighted by atomic mass is 10.1. The average molecular weight is 378 g/mol. The summed E-state index contributed by atoms with van der Waals surface area (Å²) < 4.78 is 7.18. The predicted octanol–water partition coefficient (Wildman–Crippen LogP) is 3.63. The van der Waals surface area contributed by atoms with Crippen molar-refractivity contribution in [2.75, 3.05) is 11.9 Å². The number of nitro benzene ring substituents is 1. The Morgan fingerprint density at radius 3 is 2.89 bits per heavy atom. The lowest BCUT2D eigenvalue weighted by Gasteiger charge is -2.18. The third-order valence-corrected chi connectivity index (χ3v) is 4.67. The Hall–Kier alpha value is -3.68. The number of nitrogens with one attached hydrogen (secondary N) is 1. The van der Waals surface area contributed by atoms with Crippen molar-refractivity contribution in [1.29, 1.82) is 0 Å². The van der Waals surface area contributed by atoms with Crippen molar-refractivity contribution in [1.82, 2.24) is 9.55 Å². The molecule has 8 heteroatoms. The third-order valence-electron chi connectivity index (χ3n) is 4.67. The molecular formula is C20H18N4O4. The van der Waals surface area contributed by atoms with Crippen LogP contribution in [0.2, 0.25) is 0 Å². The second kappa shape index (κ2) is 7.15. The quantitative estimate of drug-likeness (QED) is 0.413. The molecule has 28 heavy (non-hydrogen) atoms. The molecule has 0 fully saturated rings. The molecule has 0 saturated carbocycles. The van der Waals surface area contributed by atoms with E-state index >= 15 is 0 Å². The van der Waals surface area contributed by atoms with E-state index in [9.17, 15) is 14.9 Å². The molecule has 0 atom stereocenters. The van der Waals surface area contributed by atoms with Crippen LogP contribution in [0.15, 0.2) is 48.8 Å². The fourth-order valence-corrected chi connectivity index (χ4v) is 3.24. The smallest absolute Gasteiger partial charge is 0.293 e. The number of carbonyl (C=O) groups excluding carboxylic acids is 1. The lowest BCUT2D eigenvalue weighted by molar-refractivity contribution is -0.383. The molecule has 0 bridgehead atoms. The summed E-state index contributed by atoms with van der Waals surface area (Å²) in [6.45, 7) is 0.705. The van der Waals surface area contributed by atoms with Crippen LogP contribution in [0.4, 0.5) is 17.1 Å². The van der Waals surface area contributed by atoms with Gasteiger partial charge in [0.2, 0.25) is 5.78 Å². The van der Waals surface area contributed by atoms with E-state index in [0.29, 0.717) is 12.3 Å². The maximum absolute atomic E-state index is 12.6. The SMILES string of the molecule is Cn1ccnc1C(=O)c1ccc(Nc2ccc3c(c2)CCCO3)c([N+](=O)[O-])c1. The minimum atomic E-state index is -0.501. The number of fused-ring (bicyclic) bond motifs is 1. The van der Waals surface area contributed by atoms with Crippen molar-refractivity contribution in [2.45, 2.75) is 12.8 Å². The second-order valence-corrected chi connectivity index (χ2v) is 6.58. The molecule has 1 N–H and O–H groups in total. The number of rotatable bonds is 5. The Morgan fingerprint density at radius 1 is 1.29 bits per heavy atom. The highest BCUT2D eigenvalue weighted by molar-refractivity contribution is 6.07. The number of ether oxygens (including phenoxy) is 1. The van der Waals surface area contributed by atoms with Crippen molar-refractivity contribution >= 4 is 22.8 Å². The van der Waals surface area contributed by atoms with Gasteiger partial charge < -0.3 is 14.6 Å². The van der Waals surface area contributed by atoms with Crippen molar-refractivity contribution in [3.63, 3.8) is 0 Å². The van der Waals surface area contributed by atoms with Gasteiger partial charge in [0.25, 0.3) is 5.69 Å². The van der Waals surface area contributed by atoms with Crippen LogP contribution in [0.25, 0.3) is 0 Å². The van der Waals surface area contributed by atoms with E-state index in [2.05, 4.69) is 10.3 Å². The molecule has 8 nitrogen and oxygen atoms in total. The van der Waals surface area contributed by atoms with Gasteiger partial charge in [0, 0.05) is 36.8 Å². The van der Waals surface area contributed by atoms with Crippen LogP contribution < -0.4 is 10.1 Å². The Kier molecular flexibility index (Phi) is 4.52. The van der Waals surface area contributed by atoms with Crippen LogP contribution in [0.5, 0.6) is 5.75 Å². The van der Waals surface area contributed by atoms with Gasteiger partial charge in [-0.25, -0.2) is 4.98 Å². The fraction of sp³-hybridized carbons (Fsp3) is 0.200. The van der Waals surface area contributed by atoms with Gasteiger partial charge >= 0.3 is 0 Å². The van der Waals surface area contributed by atoms with Crippen LogP contribution in [-0.4, -0.2) is 26.9 Å². The summed E-state index contributed by atoms with van der Waals surface area (Å²) >= 11 is 0. The van der Waals surface area contributed by atoms with Gasteiger partial charge in [-0.15, -0.1) is 0 Å². The first-order valence-electron chi connectivity index (χ1n) is 8.86. The van der Waals surface area contributed by atoms with E-state index in [0.717, 1.165) is 29.8 Å². The summed E-state index contributed by atoms with van der Waals surface area (Å²) in [5.74, 6) is 0.708. The molecule has 3 aromatic rings. The minimum absolute atomic E-state index is 0.172. The predicted molar refractivity (Wildman–Crippen MR) is 103 cm³/mol. The van der Waals surface area contributed by atoms with Crippen molar-refractivity contribution < 1.29 is 14.5 Å². The van der Waals surface area contributed by atoms with Crippen LogP contribution in [-0.2, 0) is 13.5 Å². The van der Waals surface area contributed by atoms with E-state index in [4.69, 9.17) is 4.74 Å². The number of aromatic nitrogens is 2. The Morgan fingerprint density at radius 2 is 2.14 bits per heavy atom. The topological polar surface area (TPSA) is 99.3 Å². The average Bonchev–Trinajstić information content (AvgIpc) is 3.13. The standard InChI is InChI=1S/C20H18N4O4/c1-23-9-8-21-20(23)19(25)14-4-6-16(17(12-14)24(26)27)22-15-5-7-18-13(11-15)3-2-10-28-18/h4-9,11-12,22H,2-3,10H2,1H3. The van der Waals surface area contributed by atoms with E-state index < -0.39 is 4.92 Å². The lowest BCUT2D eigenvalue weighted by Crippen LogP contribution is -2.10. The molecule has 2 aromatic carbocycles. The van der Waals surface area contributed by atoms with Gasteiger partial charge in [-0.3, -0.25) is 14.9 Å². The largest absolute Gasteiger partial charge is 0.493 e. The zero-order chi connectivity index (χ0) is 19.7. The highest BCUT2D eigenvalue weighted by Gasteiger charge is 2.21. The Labute approximate surface area is 160 Å². The number of anilines is 2. The third kappa shape index (κ3) is 3.32. The number of imidazole rings is 1. The highest BCUT2D eigenvalue weighted by Crippen LogP contribution is 2.32. The molecule has 0 unspecified atom stereocenters. The van der Waals surface area contributed by atoms with Crippen molar-refractivity contribution in [2.24, 2.45) is 7.05 Å². The van der Waals surface area contributed by atoms with Gasteiger partial charge in [-0.2, -0.15) is 0 Å². The number of ketones is 1. The molecule has 0 amide bonds. The number of benzene rings is 2. The summed E-state index contributed by atoms with van der Waals surface area (Å²) in [4.78, 5) is 27.7.